The molecule has 2 heterocycles. The number of piperidine rings is 1. The molecule has 176 valence electrons. The van der Waals surface area contributed by atoms with Crippen LogP contribution in [0, 0.1) is 26.7 Å². The van der Waals surface area contributed by atoms with Crippen molar-refractivity contribution in [3.05, 3.63) is 46.5 Å². The molecule has 1 aromatic rings. The van der Waals surface area contributed by atoms with Crippen LogP contribution < -0.4 is 0 Å². The predicted octanol–water partition coefficient (Wildman–Crippen LogP) is 4.43. The highest BCUT2D eigenvalue weighted by Crippen LogP contribution is 2.44. The van der Waals surface area contributed by atoms with E-state index < -0.39 is 11.5 Å². The first-order chi connectivity index (χ1) is 15.2. The number of ketones is 1. The molecule has 2 unspecified atom stereocenters. The maximum atomic E-state index is 13.8. The molecule has 0 aliphatic carbocycles. The third-order valence-electron chi connectivity index (χ3n) is 6.80. The van der Waals surface area contributed by atoms with Gasteiger partial charge in [0.15, 0.2) is 5.78 Å². The Hall–Kier alpha value is -2.02. The predicted molar refractivity (Wildman–Crippen MR) is 125 cm³/mol. The van der Waals surface area contributed by atoms with Gasteiger partial charge in [0.25, 0.3) is 5.91 Å². The van der Waals surface area contributed by atoms with Gasteiger partial charge in [-0.2, -0.15) is 5.06 Å². The van der Waals surface area contributed by atoms with E-state index in [0.717, 1.165) is 35.1 Å². The second kappa shape index (κ2) is 10.3. The minimum absolute atomic E-state index is 0.0443. The first-order valence-corrected chi connectivity index (χ1v) is 11.8. The minimum atomic E-state index is -0.921. The maximum absolute atomic E-state index is 13.8. The normalized spacial score (nSPS) is 22.4. The molecule has 2 aliphatic rings. The molecular formula is C26H38N2O4. The van der Waals surface area contributed by atoms with Gasteiger partial charge in [-0.15, -0.1) is 0 Å². The van der Waals surface area contributed by atoms with Crippen molar-refractivity contribution in [1.29, 1.82) is 0 Å². The van der Waals surface area contributed by atoms with Gasteiger partial charge in [0.2, 0.25) is 0 Å². The van der Waals surface area contributed by atoms with Gasteiger partial charge in [-0.3, -0.25) is 19.3 Å². The van der Waals surface area contributed by atoms with Crippen LogP contribution in [0.1, 0.15) is 67.7 Å². The van der Waals surface area contributed by atoms with E-state index in [1.807, 2.05) is 38.0 Å². The number of aryl methyl sites for hydroxylation is 3. The van der Waals surface area contributed by atoms with Crippen LogP contribution in [0.4, 0.5) is 0 Å². The van der Waals surface area contributed by atoms with Gasteiger partial charge in [-0.1, -0.05) is 43.7 Å². The van der Waals surface area contributed by atoms with E-state index in [9.17, 15) is 9.59 Å². The molecule has 6 nitrogen and oxygen atoms in total. The van der Waals surface area contributed by atoms with Crippen LogP contribution >= 0.6 is 0 Å². The fourth-order valence-electron chi connectivity index (χ4n) is 5.21. The van der Waals surface area contributed by atoms with Crippen molar-refractivity contribution in [3.63, 3.8) is 0 Å². The molecule has 32 heavy (non-hydrogen) atoms. The Morgan fingerprint density at radius 3 is 2.31 bits per heavy atom. The summed E-state index contributed by atoms with van der Waals surface area (Å²) in [4.78, 5) is 38.7. The van der Waals surface area contributed by atoms with Crippen LogP contribution in [0.3, 0.4) is 0 Å². The summed E-state index contributed by atoms with van der Waals surface area (Å²) in [5, 5.41) is 3.29. The molecule has 1 spiro atoms. The summed E-state index contributed by atoms with van der Waals surface area (Å²) in [6, 6.07) is 4.08. The molecule has 2 saturated heterocycles. The van der Waals surface area contributed by atoms with Crippen molar-refractivity contribution in [1.82, 2.24) is 10.1 Å². The van der Waals surface area contributed by atoms with Gasteiger partial charge in [-0.05, 0) is 69.1 Å². The number of carbonyl (C=O) groups is 2. The number of hydrogen-bond acceptors (Lipinski definition) is 5. The largest absolute Gasteiger partial charge is 0.299 e. The summed E-state index contributed by atoms with van der Waals surface area (Å²) in [5.74, 6) is -0.667. The third-order valence-corrected chi connectivity index (χ3v) is 6.80. The molecule has 1 aromatic carbocycles. The number of Topliss-reactive ketones (excluding diaryl/α,β-unsaturated/α-hetero) is 1. The van der Waals surface area contributed by atoms with Crippen LogP contribution in [-0.2, 0) is 19.3 Å². The number of hydroxylamine groups is 4. The van der Waals surface area contributed by atoms with Gasteiger partial charge in [0.1, 0.15) is 11.5 Å². The van der Waals surface area contributed by atoms with Crippen LogP contribution in [0.15, 0.2) is 24.3 Å². The molecular weight excluding hydrogens is 404 g/mol. The number of amides is 1. The number of carbonyl (C=O) groups excluding carboxylic acids is 2. The van der Waals surface area contributed by atoms with Gasteiger partial charge in [-0.25, -0.2) is 5.06 Å². The number of hydrogen-bond donors (Lipinski definition) is 0. The highest BCUT2D eigenvalue weighted by atomic mass is 16.7. The van der Waals surface area contributed by atoms with E-state index in [-0.39, 0.29) is 11.7 Å². The zero-order valence-electron chi connectivity index (χ0n) is 20.4. The lowest BCUT2D eigenvalue weighted by Gasteiger charge is -2.41. The molecule has 6 heteroatoms. The lowest BCUT2D eigenvalue weighted by molar-refractivity contribution is -0.228. The van der Waals surface area contributed by atoms with Crippen molar-refractivity contribution >= 4 is 11.7 Å². The van der Waals surface area contributed by atoms with Crippen molar-refractivity contribution in [3.8, 4) is 0 Å². The fraction of sp³-hybridized carbons (Fsp3) is 0.615. The summed E-state index contributed by atoms with van der Waals surface area (Å²) in [6.07, 6.45) is 7.44. The van der Waals surface area contributed by atoms with Crippen molar-refractivity contribution in [2.75, 3.05) is 26.8 Å². The van der Waals surface area contributed by atoms with Crippen LogP contribution in [0.5, 0.6) is 0 Å². The minimum Gasteiger partial charge on any atom is -0.299 e. The van der Waals surface area contributed by atoms with Gasteiger partial charge < -0.3 is 0 Å². The number of benzene rings is 1. The number of nitrogens with zero attached hydrogens (tertiary/aromatic N) is 2. The Kier molecular flexibility index (Phi) is 7.91. The molecule has 2 aliphatic heterocycles. The quantitative estimate of drug-likeness (QED) is 0.440. The third kappa shape index (κ3) is 4.68. The van der Waals surface area contributed by atoms with E-state index >= 15 is 0 Å². The average Bonchev–Trinajstić information content (AvgIpc) is 2.94. The van der Waals surface area contributed by atoms with Gasteiger partial charge >= 0.3 is 0 Å². The SMILES string of the molecule is CCC=CCC(C)CON1CCC2(CC1)C(=O)C(c1c(C)cc(C)cc1C)C(=O)N2OC. The van der Waals surface area contributed by atoms with Crippen LogP contribution in [0.2, 0.25) is 0 Å². The van der Waals surface area contributed by atoms with Gasteiger partial charge in [0, 0.05) is 13.1 Å². The smallest absolute Gasteiger partial charge is 0.262 e. The van der Waals surface area contributed by atoms with Crippen molar-refractivity contribution in [2.45, 2.75) is 71.8 Å². The number of rotatable bonds is 8. The van der Waals surface area contributed by atoms with E-state index in [4.69, 9.17) is 9.68 Å². The van der Waals surface area contributed by atoms with Crippen molar-refractivity contribution < 1.29 is 19.3 Å². The molecule has 0 aromatic heterocycles. The monoisotopic (exact) mass is 442 g/mol. The lowest BCUT2D eigenvalue weighted by Crippen LogP contribution is -2.56. The molecule has 0 bridgehead atoms. The first-order valence-electron chi connectivity index (χ1n) is 11.8. The zero-order valence-corrected chi connectivity index (χ0v) is 20.4. The highest BCUT2D eigenvalue weighted by Gasteiger charge is 2.60. The van der Waals surface area contributed by atoms with E-state index in [1.165, 1.54) is 12.2 Å². The Morgan fingerprint density at radius 1 is 1.12 bits per heavy atom. The zero-order chi connectivity index (χ0) is 23.5. The van der Waals surface area contributed by atoms with Crippen LogP contribution in [0.25, 0.3) is 0 Å². The maximum Gasteiger partial charge on any atom is 0.262 e. The van der Waals surface area contributed by atoms with Crippen LogP contribution in [-0.4, -0.2) is 54.2 Å². The first kappa shape index (κ1) is 24.6. The topological polar surface area (TPSA) is 59.1 Å². The van der Waals surface area contributed by atoms with Crippen molar-refractivity contribution in [2.24, 2.45) is 5.92 Å². The molecule has 1 amide bonds. The molecule has 0 saturated carbocycles. The lowest BCUT2D eigenvalue weighted by atomic mass is 9.79. The van der Waals surface area contributed by atoms with E-state index in [0.29, 0.717) is 38.5 Å². The Labute approximate surface area is 192 Å². The standard InChI is InChI=1S/C26H38N2O4/c1-7-8-9-10-18(2)17-32-27-13-11-26(12-14-27)24(29)23(25(30)28(26)31-6)22-20(4)15-19(3)16-21(22)5/h8-9,15-16,18,23H,7,10-14,17H2,1-6H3. The molecule has 3 rings (SSSR count). The summed E-state index contributed by atoms with van der Waals surface area (Å²) >= 11 is 0. The molecule has 0 N–H and O–H groups in total. The molecule has 0 radical (unpaired) electrons. The highest BCUT2D eigenvalue weighted by molar-refractivity contribution is 6.17. The Balaban J connectivity index is 1.72. The molecule has 2 fully saturated rings. The van der Waals surface area contributed by atoms with E-state index in [1.54, 1.807) is 0 Å². The summed E-state index contributed by atoms with van der Waals surface area (Å²) in [7, 11) is 1.48. The number of allylic oxidation sites excluding steroid dienone is 2. The average molecular weight is 443 g/mol. The second-order valence-electron chi connectivity index (χ2n) is 9.40. The summed E-state index contributed by atoms with van der Waals surface area (Å²) in [5.41, 5.74) is 3.00. The fourth-order valence-corrected chi connectivity index (χ4v) is 5.21. The Morgan fingerprint density at radius 2 is 1.75 bits per heavy atom. The van der Waals surface area contributed by atoms with E-state index in [2.05, 4.69) is 26.0 Å². The Bertz CT molecular complexity index is 848. The second-order valence-corrected chi connectivity index (χ2v) is 9.40. The van der Waals surface area contributed by atoms with Gasteiger partial charge in [0.05, 0.1) is 13.7 Å². The summed E-state index contributed by atoms with van der Waals surface area (Å²) < 4.78 is 0. The summed E-state index contributed by atoms with van der Waals surface area (Å²) in [6.45, 7) is 12.1. The molecule has 2 atom stereocenters.